The van der Waals surface area contributed by atoms with Crippen LogP contribution in [0.1, 0.15) is 0 Å². The van der Waals surface area contributed by atoms with Crippen molar-refractivity contribution in [2.24, 2.45) is 14.1 Å². The number of benzene rings is 4. The van der Waals surface area contributed by atoms with Gasteiger partial charge in [0, 0.05) is 83.8 Å². The zero-order valence-corrected chi connectivity index (χ0v) is 26.0. The second-order valence-corrected chi connectivity index (χ2v) is 12.5. The fraction of sp³-hybridized carbons (Fsp3) is 0.0526. The third kappa shape index (κ3) is 4.18. The van der Waals surface area contributed by atoms with Crippen LogP contribution in [0.15, 0.2) is 128 Å². The summed E-state index contributed by atoms with van der Waals surface area (Å²) in [4.78, 5) is 19.2. The summed E-state index contributed by atoms with van der Waals surface area (Å²) < 4.78 is 7.65. The quantitative estimate of drug-likeness (QED) is 0.194. The molecule has 4 aromatic carbocycles. The molecule has 5 aromatic heterocycles. The number of fused-ring (bicyclic) bond motifs is 4. The van der Waals surface area contributed by atoms with Crippen LogP contribution in [0.2, 0.25) is 0 Å². The lowest BCUT2D eigenvalue weighted by atomic mass is 10.0. The third-order valence-corrected chi connectivity index (χ3v) is 9.70. The van der Waals surface area contributed by atoms with Crippen molar-refractivity contribution in [2.75, 3.05) is 0 Å². The summed E-state index contributed by atoms with van der Waals surface area (Å²) in [6, 6.07) is 34.2. The number of aryl methyl sites for hydroxylation is 2. The molecule has 220 valence electrons. The van der Waals surface area contributed by atoms with Gasteiger partial charge in [-0.05, 0) is 66.7 Å². The summed E-state index contributed by atoms with van der Waals surface area (Å²) in [5.41, 5.74) is 9.43. The highest BCUT2D eigenvalue weighted by Crippen LogP contribution is 2.43. The Hall–Kier alpha value is -5.86. The maximum absolute atomic E-state index is 5.11. The van der Waals surface area contributed by atoms with Crippen molar-refractivity contribution in [2.45, 2.75) is 0 Å². The molecular weight excluding hydrogens is 587 g/mol. The van der Waals surface area contributed by atoms with Crippen molar-refractivity contribution in [3.8, 4) is 50.3 Å². The summed E-state index contributed by atoms with van der Waals surface area (Å²) in [6.07, 6.45) is 9.51. The van der Waals surface area contributed by atoms with Gasteiger partial charge in [0.25, 0.3) is 0 Å². The summed E-state index contributed by atoms with van der Waals surface area (Å²) in [6.45, 7) is 0. The number of thiazole rings is 1. The van der Waals surface area contributed by atoms with Crippen molar-refractivity contribution in [3.63, 3.8) is 0 Å². The predicted octanol–water partition coefficient (Wildman–Crippen LogP) is 8.92. The zero-order valence-electron chi connectivity index (χ0n) is 25.2. The summed E-state index contributed by atoms with van der Waals surface area (Å²) in [5.74, 6) is 1.82. The first kappa shape index (κ1) is 26.5. The lowest BCUT2D eigenvalue weighted by Crippen LogP contribution is -1.97. The molecule has 0 atom stereocenters. The van der Waals surface area contributed by atoms with Gasteiger partial charge in [-0.1, -0.05) is 30.3 Å². The van der Waals surface area contributed by atoms with Crippen LogP contribution in [0, 0.1) is 0 Å². The molecule has 5 heterocycles. The van der Waals surface area contributed by atoms with Gasteiger partial charge in [-0.2, -0.15) is 0 Å². The molecule has 0 saturated carbocycles. The van der Waals surface area contributed by atoms with Gasteiger partial charge in [0.05, 0.1) is 26.9 Å². The maximum atomic E-state index is 5.11. The van der Waals surface area contributed by atoms with Gasteiger partial charge in [-0.3, -0.25) is 4.98 Å². The number of rotatable bonds is 5. The number of para-hydroxylation sites is 1. The third-order valence-electron chi connectivity index (χ3n) is 8.64. The lowest BCUT2D eigenvalue weighted by Gasteiger charge is -2.12. The molecule has 0 spiro atoms. The average Bonchev–Trinajstić information content (AvgIpc) is 3.89. The topological polar surface area (TPSA) is 66.3 Å². The van der Waals surface area contributed by atoms with E-state index in [9.17, 15) is 0 Å². The van der Waals surface area contributed by atoms with Crippen LogP contribution in [0.5, 0.6) is 0 Å². The summed E-state index contributed by atoms with van der Waals surface area (Å²) in [5, 5.41) is 3.25. The van der Waals surface area contributed by atoms with E-state index in [4.69, 9.17) is 9.97 Å². The maximum Gasteiger partial charge on any atom is 0.140 e. The molecule has 7 nitrogen and oxygen atoms in total. The van der Waals surface area contributed by atoms with Crippen molar-refractivity contribution >= 4 is 43.4 Å². The van der Waals surface area contributed by atoms with E-state index in [1.807, 2.05) is 63.3 Å². The fourth-order valence-electron chi connectivity index (χ4n) is 6.44. The van der Waals surface area contributed by atoms with Crippen molar-refractivity contribution in [1.82, 2.24) is 33.6 Å². The molecular formula is C38H27N7S. The highest BCUT2D eigenvalue weighted by molar-refractivity contribution is 7.21. The smallest absolute Gasteiger partial charge is 0.140 e. The molecule has 0 aliphatic carbocycles. The predicted molar refractivity (Wildman–Crippen MR) is 187 cm³/mol. The Morgan fingerprint density at radius 2 is 1.39 bits per heavy atom. The Kier molecular flexibility index (Phi) is 5.97. The summed E-state index contributed by atoms with van der Waals surface area (Å²) >= 11 is 1.71. The van der Waals surface area contributed by atoms with E-state index in [2.05, 4.69) is 103 Å². The molecule has 9 aromatic rings. The molecule has 0 unspecified atom stereocenters. The number of imidazole rings is 2. The van der Waals surface area contributed by atoms with Crippen molar-refractivity contribution in [1.29, 1.82) is 0 Å². The van der Waals surface area contributed by atoms with Gasteiger partial charge in [-0.15, -0.1) is 11.3 Å². The molecule has 0 fully saturated rings. The molecule has 0 aliphatic rings. The first-order chi connectivity index (χ1) is 22.6. The monoisotopic (exact) mass is 613 g/mol. The van der Waals surface area contributed by atoms with Crippen LogP contribution in [-0.2, 0) is 14.1 Å². The largest absolute Gasteiger partial charge is 0.334 e. The first-order valence-corrected chi connectivity index (χ1v) is 15.9. The van der Waals surface area contributed by atoms with Crippen LogP contribution in [-0.4, -0.2) is 33.6 Å². The number of hydrogen-bond donors (Lipinski definition) is 0. The summed E-state index contributed by atoms with van der Waals surface area (Å²) in [7, 11) is 4.07. The second kappa shape index (κ2) is 10.4. The molecule has 0 aliphatic heterocycles. The lowest BCUT2D eigenvalue weighted by molar-refractivity contribution is 0.925. The molecule has 0 bridgehead atoms. The van der Waals surface area contributed by atoms with Crippen molar-refractivity contribution in [3.05, 3.63) is 128 Å². The Balaban J connectivity index is 1.38. The van der Waals surface area contributed by atoms with Gasteiger partial charge >= 0.3 is 0 Å². The molecule has 8 heteroatoms. The van der Waals surface area contributed by atoms with Gasteiger partial charge in [-0.25, -0.2) is 15.0 Å². The Bertz CT molecular complexity index is 2530. The molecule has 46 heavy (non-hydrogen) atoms. The SMILES string of the molecule is Cn1ccnc1-c1ccc2c(c1)c1cc(-c3nccn3C)c(-c3nc4ccccc4s3)cc1n2-c1cccc(-c2ccccn2)c1. The number of nitrogens with zero attached hydrogens (tertiary/aromatic N) is 7. The van der Waals surface area contributed by atoms with Gasteiger partial charge < -0.3 is 13.7 Å². The van der Waals surface area contributed by atoms with Crippen LogP contribution in [0.3, 0.4) is 0 Å². The van der Waals surface area contributed by atoms with Gasteiger partial charge in [0.1, 0.15) is 16.7 Å². The number of pyridine rings is 1. The van der Waals surface area contributed by atoms with E-state index < -0.39 is 0 Å². The van der Waals surface area contributed by atoms with Crippen LogP contribution < -0.4 is 0 Å². The van der Waals surface area contributed by atoms with E-state index in [0.717, 1.165) is 82.3 Å². The van der Waals surface area contributed by atoms with Gasteiger partial charge in [0.15, 0.2) is 0 Å². The van der Waals surface area contributed by atoms with Crippen molar-refractivity contribution < 1.29 is 0 Å². The molecule has 0 saturated heterocycles. The molecule has 0 N–H and O–H groups in total. The first-order valence-electron chi connectivity index (χ1n) is 15.1. The Morgan fingerprint density at radius 1 is 0.587 bits per heavy atom. The van der Waals surface area contributed by atoms with E-state index >= 15 is 0 Å². The molecule has 9 rings (SSSR count). The Labute approximate surface area is 268 Å². The molecule has 0 radical (unpaired) electrons. The second-order valence-electron chi connectivity index (χ2n) is 11.5. The normalized spacial score (nSPS) is 11.7. The van der Waals surface area contributed by atoms with Crippen LogP contribution >= 0.6 is 11.3 Å². The minimum absolute atomic E-state index is 0.898. The number of aromatic nitrogens is 7. The van der Waals surface area contributed by atoms with E-state index in [1.165, 1.54) is 0 Å². The van der Waals surface area contributed by atoms with Gasteiger partial charge in [0.2, 0.25) is 0 Å². The highest BCUT2D eigenvalue weighted by Gasteiger charge is 2.22. The van der Waals surface area contributed by atoms with Crippen LogP contribution in [0.4, 0.5) is 0 Å². The number of hydrogen-bond acceptors (Lipinski definition) is 5. The average molecular weight is 614 g/mol. The fourth-order valence-corrected chi connectivity index (χ4v) is 7.43. The molecule has 0 amide bonds. The highest BCUT2D eigenvalue weighted by atomic mass is 32.1. The van der Waals surface area contributed by atoms with E-state index in [0.29, 0.717) is 0 Å². The Morgan fingerprint density at radius 3 is 2.17 bits per heavy atom. The minimum Gasteiger partial charge on any atom is -0.334 e. The zero-order chi connectivity index (χ0) is 30.8. The van der Waals surface area contributed by atoms with E-state index in [-0.39, 0.29) is 0 Å². The van der Waals surface area contributed by atoms with E-state index in [1.54, 1.807) is 11.3 Å². The minimum atomic E-state index is 0.898. The standard InChI is InChI=1S/C38H27N7S/c1-43-18-16-40-36(43)25-13-14-33-27(21-25)28-22-29(37-41-17-19-44(37)2)30(38-42-32-11-3-4-12-35(32)46-38)23-34(28)45(33)26-9-7-8-24(20-26)31-10-5-6-15-39-31/h3-23H,1-2H3. The van der Waals surface area contributed by atoms with Crippen LogP contribution in [0.25, 0.3) is 82.3 Å².